The third kappa shape index (κ3) is 2.44. The fourth-order valence-electron chi connectivity index (χ4n) is 1.42. The molecule has 2 aromatic heterocycles. The van der Waals surface area contributed by atoms with Gasteiger partial charge in [0.25, 0.3) is 0 Å². The lowest BCUT2D eigenvalue weighted by atomic mass is 10.3. The number of nitrogens with zero attached hydrogens (tertiary/aromatic N) is 2. The molecule has 0 atom stereocenters. The van der Waals surface area contributed by atoms with Crippen LogP contribution in [0.4, 0.5) is 0 Å². The second-order valence-electron chi connectivity index (χ2n) is 3.36. The molecule has 84 valence electrons. The molecule has 3 aromatic rings. The molecular formula is C12H7ClN2S2. The molecule has 0 aliphatic rings. The Kier molecular flexibility index (Phi) is 3.01. The summed E-state index contributed by atoms with van der Waals surface area (Å²) in [5.41, 5.74) is 0.984. The summed E-state index contributed by atoms with van der Waals surface area (Å²) in [6, 6.07) is 11.6. The number of rotatable bonds is 2. The van der Waals surface area contributed by atoms with Crippen molar-refractivity contribution in [1.29, 1.82) is 0 Å². The van der Waals surface area contributed by atoms with Crippen LogP contribution in [0.2, 0.25) is 5.02 Å². The molecule has 0 saturated heterocycles. The molecule has 17 heavy (non-hydrogen) atoms. The lowest BCUT2D eigenvalue weighted by Gasteiger charge is -1.93. The zero-order valence-corrected chi connectivity index (χ0v) is 11.0. The van der Waals surface area contributed by atoms with Crippen LogP contribution < -0.4 is 0 Å². The lowest BCUT2D eigenvalue weighted by Crippen LogP contribution is -1.76. The standard InChI is InChI=1S/C12H7ClN2S2/c13-8-4-5-9-10(7-8)16-12(15-9)17-11-3-1-2-6-14-11/h1-7H. The Hall–Kier alpha value is -1.10. The Bertz CT molecular complexity index is 652. The van der Waals surface area contributed by atoms with E-state index in [1.54, 1.807) is 29.3 Å². The molecule has 1 aromatic carbocycles. The normalized spacial score (nSPS) is 10.9. The molecule has 0 radical (unpaired) electrons. The minimum Gasteiger partial charge on any atom is -0.250 e. The number of thiazole rings is 1. The molecule has 0 fully saturated rings. The van der Waals surface area contributed by atoms with Gasteiger partial charge in [-0.15, -0.1) is 11.3 Å². The molecule has 3 rings (SSSR count). The van der Waals surface area contributed by atoms with Crippen LogP contribution in [-0.4, -0.2) is 9.97 Å². The minimum atomic E-state index is 0.746. The highest BCUT2D eigenvalue weighted by molar-refractivity contribution is 8.01. The quantitative estimate of drug-likeness (QED) is 0.690. The van der Waals surface area contributed by atoms with E-state index >= 15 is 0 Å². The second kappa shape index (κ2) is 4.64. The maximum Gasteiger partial charge on any atom is 0.157 e. The average molecular weight is 279 g/mol. The number of aromatic nitrogens is 2. The monoisotopic (exact) mass is 278 g/mol. The van der Waals surface area contributed by atoms with Crippen LogP contribution in [0, 0.1) is 0 Å². The topological polar surface area (TPSA) is 25.8 Å². The molecular weight excluding hydrogens is 272 g/mol. The molecule has 2 heterocycles. The van der Waals surface area contributed by atoms with Crippen LogP contribution in [0.25, 0.3) is 10.2 Å². The lowest BCUT2D eigenvalue weighted by molar-refractivity contribution is 1.13. The van der Waals surface area contributed by atoms with Crippen molar-refractivity contribution >= 4 is 44.9 Å². The van der Waals surface area contributed by atoms with Crippen molar-refractivity contribution in [2.45, 2.75) is 9.37 Å². The van der Waals surface area contributed by atoms with Gasteiger partial charge in [-0.2, -0.15) is 0 Å². The first-order chi connectivity index (χ1) is 8.31. The van der Waals surface area contributed by atoms with Crippen LogP contribution in [0.5, 0.6) is 0 Å². The first-order valence-corrected chi connectivity index (χ1v) is 6.97. The summed E-state index contributed by atoms with van der Waals surface area (Å²) >= 11 is 9.15. The summed E-state index contributed by atoms with van der Waals surface area (Å²) in [7, 11) is 0. The van der Waals surface area contributed by atoms with E-state index in [9.17, 15) is 0 Å². The van der Waals surface area contributed by atoms with Crippen molar-refractivity contribution in [3.63, 3.8) is 0 Å². The second-order valence-corrected chi connectivity index (χ2v) is 6.10. The molecule has 5 heteroatoms. The predicted molar refractivity (Wildman–Crippen MR) is 73.0 cm³/mol. The SMILES string of the molecule is Clc1ccc2nc(Sc3ccccn3)sc2c1. The van der Waals surface area contributed by atoms with Gasteiger partial charge in [-0.1, -0.05) is 17.7 Å². The van der Waals surface area contributed by atoms with Gasteiger partial charge in [0.15, 0.2) is 4.34 Å². The number of halogens is 1. The fraction of sp³-hybridized carbons (Fsp3) is 0. The van der Waals surface area contributed by atoms with Crippen molar-refractivity contribution < 1.29 is 0 Å². The van der Waals surface area contributed by atoms with Crippen LogP contribution in [0.15, 0.2) is 52.0 Å². The number of hydrogen-bond donors (Lipinski definition) is 0. The minimum absolute atomic E-state index is 0.746. The van der Waals surface area contributed by atoms with E-state index < -0.39 is 0 Å². The highest BCUT2D eigenvalue weighted by Crippen LogP contribution is 2.34. The van der Waals surface area contributed by atoms with Gasteiger partial charge in [0.1, 0.15) is 5.03 Å². The summed E-state index contributed by atoms with van der Waals surface area (Å²) in [5, 5.41) is 1.70. The van der Waals surface area contributed by atoms with Crippen molar-refractivity contribution in [1.82, 2.24) is 9.97 Å². The van der Waals surface area contributed by atoms with Gasteiger partial charge < -0.3 is 0 Å². The van der Waals surface area contributed by atoms with E-state index in [-0.39, 0.29) is 0 Å². The zero-order chi connectivity index (χ0) is 11.7. The Morgan fingerprint density at radius 3 is 2.94 bits per heavy atom. The smallest absolute Gasteiger partial charge is 0.157 e. The van der Waals surface area contributed by atoms with Gasteiger partial charge in [0.2, 0.25) is 0 Å². The molecule has 0 amide bonds. The molecule has 0 saturated carbocycles. The van der Waals surface area contributed by atoms with Crippen LogP contribution in [0.3, 0.4) is 0 Å². The van der Waals surface area contributed by atoms with Gasteiger partial charge in [-0.3, -0.25) is 0 Å². The first-order valence-electron chi connectivity index (χ1n) is 4.96. The highest BCUT2D eigenvalue weighted by atomic mass is 35.5. The maximum atomic E-state index is 5.95. The number of benzene rings is 1. The van der Waals surface area contributed by atoms with Gasteiger partial charge in [0, 0.05) is 11.2 Å². The maximum absolute atomic E-state index is 5.95. The van der Waals surface area contributed by atoms with E-state index in [1.165, 1.54) is 0 Å². The third-order valence-corrected chi connectivity index (χ3v) is 4.42. The highest BCUT2D eigenvalue weighted by Gasteiger charge is 2.06. The van der Waals surface area contributed by atoms with Crippen molar-refractivity contribution in [3.8, 4) is 0 Å². The van der Waals surface area contributed by atoms with Gasteiger partial charge >= 0.3 is 0 Å². The fourth-order valence-corrected chi connectivity index (χ4v) is 3.67. The number of fused-ring (bicyclic) bond motifs is 1. The van der Waals surface area contributed by atoms with Crippen molar-refractivity contribution in [3.05, 3.63) is 47.6 Å². The predicted octanol–water partition coefficient (Wildman–Crippen LogP) is 4.50. The van der Waals surface area contributed by atoms with Crippen molar-refractivity contribution in [2.75, 3.05) is 0 Å². The summed E-state index contributed by atoms with van der Waals surface area (Å²) in [5.74, 6) is 0. The van der Waals surface area contributed by atoms with Crippen LogP contribution >= 0.6 is 34.7 Å². The third-order valence-electron chi connectivity index (χ3n) is 2.16. The molecule has 2 nitrogen and oxygen atoms in total. The number of pyridine rings is 1. The first kappa shape index (κ1) is 11.0. The summed E-state index contributed by atoms with van der Waals surface area (Å²) in [6.45, 7) is 0. The van der Waals surface area contributed by atoms with E-state index in [2.05, 4.69) is 9.97 Å². The van der Waals surface area contributed by atoms with E-state index in [0.717, 1.165) is 24.6 Å². The van der Waals surface area contributed by atoms with Crippen LogP contribution in [-0.2, 0) is 0 Å². The molecule has 0 N–H and O–H groups in total. The molecule has 0 unspecified atom stereocenters. The number of hydrogen-bond acceptors (Lipinski definition) is 4. The van der Waals surface area contributed by atoms with Crippen molar-refractivity contribution in [2.24, 2.45) is 0 Å². The van der Waals surface area contributed by atoms with Gasteiger partial charge in [0.05, 0.1) is 10.2 Å². The van der Waals surface area contributed by atoms with Gasteiger partial charge in [-0.05, 0) is 42.1 Å². The van der Waals surface area contributed by atoms with E-state index in [4.69, 9.17) is 11.6 Å². The van der Waals surface area contributed by atoms with E-state index in [0.29, 0.717) is 0 Å². The Balaban J connectivity index is 1.96. The summed E-state index contributed by atoms with van der Waals surface area (Å²) in [6.07, 6.45) is 1.78. The van der Waals surface area contributed by atoms with E-state index in [1.807, 2.05) is 36.4 Å². The largest absolute Gasteiger partial charge is 0.250 e. The Morgan fingerprint density at radius 1 is 1.18 bits per heavy atom. The summed E-state index contributed by atoms with van der Waals surface area (Å²) < 4.78 is 2.09. The molecule has 0 aliphatic carbocycles. The molecule has 0 bridgehead atoms. The Labute approximate surface area is 112 Å². The average Bonchev–Trinajstić information content (AvgIpc) is 2.71. The summed E-state index contributed by atoms with van der Waals surface area (Å²) in [4.78, 5) is 8.80. The zero-order valence-electron chi connectivity index (χ0n) is 8.63. The molecule has 0 spiro atoms. The van der Waals surface area contributed by atoms with Crippen LogP contribution in [0.1, 0.15) is 0 Å². The van der Waals surface area contributed by atoms with Gasteiger partial charge in [-0.25, -0.2) is 9.97 Å². The Morgan fingerprint density at radius 2 is 2.12 bits per heavy atom. The molecule has 0 aliphatic heterocycles.